The highest BCUT2D eigenvalue weighted by Crippen LogP contribution is 2.22. The van der Waals surface area contributed by atoms with Gasteiger partial charge in [-0.25, -0.2) is 0 Å². The maximum Gasteiger partial charge on any atom is 0.119 e. The lowest BCUT2D eigenvalue weighted by Crippen LogP contribution is -2.13. The molecule has 0 unspecified atom stereocenters. The monoisotopic (exact) mass is 232 g/mol. The summed E-state index contributed by atoms with van der Waals surface area (Å²) in [6, 6.07) is 7.28. The van der Waals surface area contributed by atoms with E-state index in [-0.39, 0.29) is 0 Å². The molecule has 1 heterocycles. The summed E-state index contributed by atoms with van der Waals surface area (Å²) in [4.78, 5) is 0. The van der Waals surface area contributed by atoms with Gasteiger partial charge in [0.1, 0.15) is 5.75 Å². The molecule has 90 valence electrons. The quantitative estimate of drug-likeness (QED) is 0.621. The lowest BCUT2D eigenvalue weighted by Gasteiger charge is -2.06. The first kappa shape index (κ1) is 11.5. The van der Waals surface area contributed by atoms with Crippen LogP contribution in [0.25, 0.3) is 0 Å². The molecule has 1 aromatic heterocycles. The van der Waals surface area contributed by atoms with E-state index in [4.69, 9.17) is 5.73 Å². The number of nitrogens with two attached hydrogens (primary N) is 1. The van der Waals surface area contributed by atoms with Crippen LogP contribution in [0.1, 0.15) is 11.3 Å². The summed E-state index contributed by atoms with van der Waals surface area (Å²) >= 11 is 0. The molecule has 5 nitrogen and oxygen atoms in total. The van der Waals surface area contributed by atoms with Crippen molar-refractivity contribution in [2.24, 2.45) is 5.73 Å². The average Bonchev–Trinajstić information content (AvgIpc) is 2.77. The number of nitrogens with one attached hydrogen (secondary N) is 2. The standard InChI is InChI=1S/C12H16N4O/c13-5-6-14-11-8-15-16-10(11)7-9-3-1-2-4-12(9)17/h1-4,8,14,17H,5-7,13H2,(H,15,16). The molecule has 0 bridgehead atoms. The van der Waals surface area contributed by atoms with Crippen molar-refractivity contribution in [3.05, 3.63) is 41.7 Å². The number of para-hydroxylation sites is 1. The highest BCUT2D eigenvalue weighted by atomic mass is 16.3. The molecule has 0 aliphatic carbocycles. The van der Waals surface area contributed by atoms with E-state index >= 15 is 0 Å². The van der Waals surface area contributed by atoms with Crippen molar-refractivity contribution in [1.82, 2.24) is 10.2 Å². The van der Waals surface area contributed by atoms with Crippen LogP contribution in [0, 0.1) is 0 Å². The number of aromatic amines is 1. The van der Waals surface area contributed by atoms with Crippen molar-refractivity contribution < 1.29 is 5.11 Å². The lowest BCUT2D eigenvalue weighted by molar-refractivity contribution is 0.469. The van der Waals surface area contributed by atoms with Gasteiger partial charge in [-0.3, -0.25) is 5.10 Å². The van der Waals surface area contributed by atoms with Gasteiger partial charge in [0.2, 0.25) is 0 Å². The number of hydrogen-bond donors (Lipinski definition) is 4. The minimum atomic E-state index is 0.298. The van der Waals surface area contributed by atoms with Crippen molar-refractivity contribution in [2.75, 3.05) is 18.4 Å². The molecule has 0 amide bonds. The number of benzene rings is 1. The third-order valence-electron chi connectivity index (χ3n) is 2.54. The van der Waals surface area contributed by atoms with Gasteiger partial charge in [0.15, 0.2) is 0 Å². The van der Waals surface area contributed by atoms with Gasteiger partial charge in [0, 0.05) is 19.5 Å². The van der Waals surface area contributed by atoms with Crippen LogP contribution in [0.5, 0.6) is 5.75 Å². The smallest absolute Gasteiger partial charge is 0.119 e. The van der Waals surface area contributed by atoms with Crippen molar-refractivity contribution in [2.45, 2.75) is 6.42 Å². The molecular weight excluding hydrogens is 216 g/mol. The van der Waals surface area contributed by atoms with Crippen molar-refractivity contribution in [1.29, 1.82) is 0 Å². The van der Waals surface area contributed by atoms with Crippen LogP contribution in [-0.2, 0) is 6.42 Å². The molecule has 0 aliphatic rings. The number of H-pyrrole nitrogens is 1. The third kappa shape index (κ3) is 2.76. The second-order valence-electron chi connectivity index (χ2n) is 3.78. The van der Waals surface area contributed by atoms with Crippen LogP contribution in [0.3, 0.4) is 0 Å². The zero-order valence-corrected chi connectivity index (χ0v) is 9.48. The van der Waals surface area contributed by atoms with E-state index in [9.17, 15) is 5.11 Å². The van der Waals surface area contributed by atoms with E-state index in [1.807, 2.05) is 12.1 Å². The largest absolute Gasteiger partial charge is 0.508 e. The van der Waals surface area contributed by atoms with Gasteiger partial charge in [-0.15, -0.1) is 0 Å². The fourth-order valence-corrected chi connectivity index (χ4v) is 1.66. The van der Waals surface area contributed by atoms with Crippen LogP contribution < -0.4 is 11.1 Å². The number of aromatic hydroxyl groups is 1. The number of nitrogens with zero attached hydrogens (tertiary/aromatic N) is 1. The molecule has 5 heteroatoms. The number of phenolic OH excluding ortho intramolecular Hbond substituents is 1. The number of aromatic nitrogens is 2. The maximum atomic E-state index is 9.70. The van der Waals surface area contributed by atoms with Gasteiger partial charge in [-0.2, -0.15) is 5.10 Å². The van der Waals surface area contributed by atoms with Crippen molar-refractivity contribution >= 4 is 5.69 Å². The zero-order valence-electron chi connectivity index (χ0n) is 9.48. The molecule has 1 aromatic carbocycles. The first-order chi connectivity index (χ1) is 8.31. The van der Waals surface area contributed by atoms with Gasteiger partial charge >= 0.3 is 0 Å². The summed E-state index contributed by atoms with van der Waals surface area (Å²) in [6.45, 7) is 1.27. The summed E-state index contributed by atoms with van der Waals surface area (Å²) in [6.07, 6.45) is 2.34. The first-order valence-corrected chi connectivity index (χ1v) is 5.54. The van der Waals surface area contributed by atoms with E-state index in [0.29, 0.717) is 25.3 Å². The Kier molecular flexibility index (Phi) is 3.62. The Morgan fingerprint density at radius 2 is 2.18 bits per heavy atom. The Morgan fingerprint density at radius 3 is 2.94 bits per heavy atom. The minimum absolute atomic E-state index is 0.298. The predicted molar refractivity (Wildman–Crippen MR) is 67.0 cm³/mol. The molecule has 2 rings (SSSR count). The number of hydrogen-bond acceptors (Lipinski definition) is 4. The maximum absolute atomic E-state index is 9.70. The second-order valence-corrected chi connectivity index (χ2v) is 3.78. The first-order valence-electron chi connectivity index (χ1n) is 5.54. The van der Waals surface area contributed by atoms with Crippen molar-refractivity contribution in [3.63, 3.8) is 0 Å². The Morgan fingerprint density at radius 1 is 1.35 bits per heavy atom. The molecule has 0 atom stereocenters. The fraction of sp³-hybridized carbons (Fsp3) is 0.250. The molecule has 0 spiro atoms. The average molecular weight is 232 g/mol. The number of anilines is 1. The van der Waals surface area contributed by atoms with Crippen LogP contribution in [0.2, 0.25) is 0 Å². The molecule has 0 fully saturated rings. The van der Waals surface area contributed by atoms with Crippen LogP contribution in [0.4, 0.5) is 5.69 Å². The summed E-state index contributed by atoms with van der Waals surface area (Å²) < 4.78 is 0. The van der Waals surface area contributed by atoms with Crippen molar-refractivity contribution in [3.8, 4) is 5.75 Å². The molecular formula is C12H16N4O. The molecule has 0 saturated carbocycles. The van der Waals surface area contributed by atoms with Gasteiger partial charge in [-0.1, -0.05) is 18.2 Å². The summed E-state index contributed by atoms with van der Waals surface area (Å²) in [7, 11) is 0. The molecule has 0 aliphatic heterocycles. The Hall–Kier alpha value is -2.01. The van der Waals surface area contributed by atoms with E-state index in [0.717, 1.165) is 16.9 Å². The molecule has 17 heavy (non-hydrogen) atoms. The summed E-state index contributed by atoms with van der Waals surface area (Å²) in [5, 5.41) is 19.8. The molecule has 5 N–H and O–H groups in total. The van der Waals surface area contributed by atoms with E-state index in [1.165, 1.54) is 0 Å². The normalized spacial score (nSPS) is 10.4. The Labute approximate surface area is 99.7 Å². The van der Waals surface area contributed by atoms with E-state index < -0.39 is 0 Å². The van der Waals surface area contributed by atoms with Gasteiger partial charge in [0.05, 0.1) is 17.6 Å². The lowest BCUT2D eigenvalue weighted by atomic mass is 10.1. The molecule has 0 radical (unpaired) electrons. The zero-order chi connectivity index (χ0) is 12.1. The van der Waals surface area contributed by atoms with Crippen LogP contribution in [-0.4, -0.2) is 28.4 Å². The summed E-state index contributed by atoms with van der Waals surface area (Å²) in [5.41, 5.74) is 8.18. The highest BCUT2D eigenvalue weighted by molar-refractivity contribution is 5.49. The van der Waals surface area contributed by atoms with E-state index in [2.05, 4.69) is 15.5 Å². The number of rotatable bonds is 5. The second kappa shape index (κ2) is 5.36. The fourth-order valence-electron chi connectivity index (χ4n) is 1.66. The van der Waals surface area contributed by atoms with Gasteiger partial charge in [-0.05, 0) is 11.6 Å². The highest BCUT2D eigenvalue weighted by Gasteiger charge is 2.07. The van der Waals surface area contributed by atoms with Crippen LogP contribution >= 0.6 is 0 Å². The third-order valence-corrected chi connectivity index (χ3v) is 2.54. The Balaban J connectivity index is 2.13. The van der Waals surface area contributed by atoms with Crippen LogP contribution in [0.15, 0.2) is 30.5 Å². The van der Waals surface area contributed by atoms with Gasteiger partial charge < -0.3 is 16.2 Å². The molecule has 0 saturated heterocycles. The molecule has 2 aromatic rings. The predicted octanol–water partition coefficient (Wildman–Crippen LogP) is 1.08. The van der Waals surface area contributed by atoms with Gasteiger partial charge in [0.25, 0.3) is 0 Å². The topological polar surface area (TPSA) is 87.0 Å². The minimum Gasteiger partial charge on any atom is -0.508 e. The SMILES string of the molecule is NCCNc1cn[nH]c1Cc1ccccc1O. The van der Waals surface area contributed by atoms with E-state index in [1.54, 1.807) is 18.3 Å². The number of phenols is 1. The summed E-state index contributed by atoms with van der Waals surface area (Å²) in [5.74, 6) is 0.298. The Bertz CT molecular complexity index is 481.